The molecule has 0 N–H and O–H groups in total. The van der Waals surface area contributed by atoms with Crippen LogP contribution in [0.2, 0.25) is 0 Å². The Kier molecular flexibility index (Phi) is 6.24. The molecule has 2 saturated heterocycles. The van der Waals surface area contributed by atoms with E-state index in [-0.39, 0.29) is 5.41 Å². The zero-order valence-corrected chi connectivity index (χ0v) is 17.8. The van der Waals surface area contributed by atoms with E-state index in [9.17, 15) is 4.79 Å². The van der Waals surface area contributed by atoms with Gasteiger partial charge in [-0.05, 0) is 52.1 Å². The molecule has 0 saturated carbocycles. The molecule has 1 aromatic heterocycles. The average Bonchev–Trinajstić information content (AvgIpc) is 3.20. The van der Waals surface area contributed by atoms with Gasteiger partial charge < -0.3 is 14.4 Å². The Balaban J connectivity index is 1.85. The van der Waals surface area contributed by atoms with E-state index in [1.165, 1.54) is 0 Å². The van der Waals surface area contributed by atoms with E-state index in [4.69, 9.17) is 0 Å². The summed E-state index contributed by atoms with van der Waals surface area (Å²) in [6.07, 6.45) is 5.86. The van der Waals surface area contributed by atoms with Crippen molar-refractivity contribution in [2.75, 3.05) is 26.2 Å². The maximum absolute atomic E-state index is 12.9. The summed E-state index contributed by atoms with van der Waals surface area (Å²) in [5, 5.41) is 8.76. The molecular formula is C21H37N5O. The van der Waals surface area contributed by atoms with Crippen molar-refractivity contribution in [2.24, 2.45) is 11.3 Å². The molecule has 6 nitrogen and oxygen atoms in total. The van der Waals surface area contributed by atoms with Gasteiger partial charge in [0.05, 0.1) is 0 Å². The number of carbonyl (C=O) groups excluding carboxylic acids is 1. The van der Waals surface area contributed by atoms with Gasteiger partial charge in [-0.15, -0.1) is 10.2 Å². The van der Waals surface area contributed by atoms with Gasteiger partial charge in [0.2, 0.25) is 5.91 Å². The van der Waals surface area contributed by atoms with Crippen LogP contribution >= 0.6 is 0 Å². The first kappa shape index (κ1) is 20.3. The third kappa shape index (κ3) is 4.20. The van der Waals surface area contributed by atoms with Crippen LogP contribution in [0.15, 0.2) is 6.33 Å². The molecule has 152 valence electrons. The monoisotopic (exact) mass is 375 g/mol. The van der Waals surface area contributed by atoms with Gasteiger partial charge in [-0.3, -0.25) is 4.79 Å². The van der Waals surface area contributed by atoms with E-state index in [0.29, 0.717) is 30.2 Å². The van der Waals surface area contributed by atoms with Crippen LogP contribution in [0.4, 0.5) is 0 Å². The second-order valence-corrected chi connectivity index (χ2v) is 9.30. The molecule has 0 radical (unpaired) electrons. The first-order valence-corrected chi connectivity index (χ1v) is 10.8. The predicted octanol–water partition coefficient (Wildman–Crippen LogP) is 3.15. The average molecular weight is 376 g/mol. The summed E-state index contributed by atoms with van der Waals surface area (Å²) in [7, 11) is 0. The van der Waals surface area contributed by atoms with E-state index in [1.54, 1.807) is 0 Å². The van der Waals surface area contributed by atoms with Crippen molar-refractivity contribution in [2.45, 2.75) is 78.8 Å². The molecule has 1 atom stereocenters. The molecule has 3 rings (SSSR count). The van der Waals surface area contributed by atoms with Crippen molar-refractivity contribution in [3.8, 4) is 0 Å². The highest BCUT2D eigenvalue weighted by Crippen LogP contribution is 2.49. The third-order valence-corrected chi connectivity index (χ3v) is 6.53. The van der Waals surface area contributed by atoms with Crippen LogP contribution < -0.4 is 0 Å². The van der Waals surface area contributed by atoms with Gasteiger partial charge in [0.15, 0.2) is 0 Å². The van der Waals surface area contributed by atoms with E-state index >= 15 is 0 Å². The number of nitrogens with zero attached hydrogens (tertiary/aromatic N) is 5. The van der Waals surface area contributed by atoms with E-state index in [0.717, 1.165) is 57.8 Å². The Hall–Kier alpha value is -1.43. The van der Waals surface area contributed by atoms with Gasteiger partial charge in [0.25, 0.3) is 0 Å². The molecule has 1 spiro atoms. The van der Waals surface area contributed by atoms with Crippen LogP contribution in [-0.2, 0) is 11.3 Å². The smallest absolute Gasteiger partial charge is 0.222 e. The summed E-state index contributed by atoms with van der Waals surface area (Å²) in [5.74, 6) is 2.10. The maximum atomic E-state index is 12.9. The summed E-state index contributed by atoms with van der Waals surface area (Å²) >= 11 is 0. The Bertz CT molecular complexity index is 630. The number of likely N-dealkylation sites (tertiary alicyclic amines) is 2. The molecule has 27 heavy (non-hydrogen) atoms. The summed E-state index contributed by atoms with van der Waals surface area (Å²) in [6, 6.07) is 0.588. The zero-order valence-electron chi connectivity index (χ0n) is 17.8. The minimum atomic E-state index is 0.149. The highest BCUT2D eigenvalue weighted by molar-refractivity contribution is 5.77. The van der Waals surface area contributed by atoms with Crippen molar-refractivity contribution in [1.82, 2.24) is 24.6 Å². The van der Waals surface area contributed by atoms with Crippen LogP contribution in [0.1, 0.15) is 72.0 Å². The van der Waals surface area contributed by atoms with Crippen molar-refractivity contribution in [1.29, 1.82) is 0 Å². The summed E-state index contributed by atoms with van der Waals surface area (Å²) in [5.41, 5.74) is 0.149. The Morgan fingerprint density at radius 1 is 1.26 bits per heavy atom. The van der Waals surface area contributed by atoms with E-state index < -0.39 is 0 Å². The van der Waals surface area contributed by atoms with E-state index in [1.807, 2.05) is 6.33 Å². The predicted molar refractivity (Wildman–Crippen MR) is 107 cm³/mol. The second-order valence-electron chi connectivity index (χ2n) is 9.30. The number of amides is 1. The van der Waals surface area contributed by atoms with Gasteiger partial charge in [-0.2, -0.15) is 0 Å². The molecule has 2 aliphatic heterocycles. The summed E-state index contributed by atoms with van der Waals surface area (Å²) < 4.78 is 2.22. The fourth-order valence-corrected chi connectivity index (χ4v) is 4.93. The third-order valence-electron chi connectivity index (χ3n) is 6.53. The van der Waals surface area contributed by atoms with Crippen LogP contribution in [0.5, 0.6) is 0 Å². The molecule has 0 bridgehead atoms. The standard InChI is InChI=1S/C21H37N5O/c1-6-9-25-15-22-23-20(25)18-13-26(19(27)12-16(2)3)14-21(18)7-10-24(11-8-21)17(4)5/h15-18H,6-14H2,1-5H3. The SMILES string of the molecule is CCCn1cnnc1C1CN(C(=O)CC(C)C)CC12CCN(C(C)C)CC2. The van der Waals surface area contributed by atoms with Gasteiger partial charge in [0.1, 0.15) is 12.2 Å². The van der Waals surface area contributed by atoms with Gasteiger partial charge >= 0.3 is 0 Å². The van der Waals surface area contributed by atoms with E-state index in [2.05, 4.69) is 59.2 Å². The van der Waals surface area contributed by atoms with Crippen molar-refractivity contribution in [3.05, 3.63) is 12.2 Å². The van der Waals surface area contributed by atoms with Gasteiger partial charge in [-0.1, -0.05) is 20.8 Å². The largest absolute Gasteiger partial charge is 0.341 e. The van der Waals surface area contributed by atoms with Crippen LogP contribution in [0.25, 0.3) is 0 Å². The fraction of sp³-hybridized carbons (Fsp3) is 0.857. The van der Waals surface area contributed by atoms with Crippen LogP contribution in [0.3, 0.4) is 0 Å². The molecule has 6 heteroatoms. The highest BCUT2D eigenvalue weighted by Gasteiger charge is 2.51. The van der Waals surface area contributed by atoms with Crippen LogP contribution in [0, 0.1) is 11.3 Å². The quantitative estimate of drug-likeness (QED) is 0.766. The maximum Gasteiger partial charge on any atom is 0.222 e. The lowest BCUT2D eigenvalue weighted by atomic mass is 9.70. The van der Waals surface area contributed by atoms with Gasteiger partial charge in [-0.25, -0.2) is 0 Å². The number of aromatic nitrogens is 3. The lowest BCUT2D eigenvalue weighted by molar-refractivity contribution is -0.131. The fourth-order valence-electron chi connectivity index (χ4n) is 4.93. The normalized spacial score (nSPS) is 23.1. The lowest BCUT2D eigenvalue weighted by Crippen LogP contribution is -2.46. The number of aryl methyl sites for hydroxylation is 1. The zero-order chi connectivity index (χ0) is 19.6. The molecule has 0 aliphatic carbocycles. The lowest BCUT2D eigenvalue weighted by Gasteiger charge is -2.43. The minimum absolute atomic E-state index is 0.149. The van der Waals surface area contributed by atoms with Crippen LogP contribution in [-0.4, -0.2) is 62.7 Å². The Morgan fingerprint density at radius 2 is 1.96 bits per heavy atom. The summed E-state index contributed by atoms with van der Waals surface area (Å²) in [4.78, 5) is 17.5. The minimum Gasteiger partial charge on any atom is -0.341 e. The molecule has 0 aromatic carbocycles. The second kappa shape index (κ2) is 8.29. The topological polar surface area (TPSA) is 54.3 Å². The molecule has 2 fully saturated rings. The number of carbonyl (C=O) groups is 1. The van der Waals surface area contributed by atoms with Crippen molar-refractivity contribution < 1.29 is 4.79 Å². The molecule has 1 aromatic rings. The number of hydrogen-bond donors (Lipinski definition) is 0. The Labute approximate surface area is 164 Å². The molecule has 1 unspecified atom stereocenters. The molecule has 2 aliphatic rings. The Morgan fingerprint density at radius 3 is 2.56 bits per heavy atom. The van der Waals surface area contributed by atoms with Crippen molar-refractivity contribution in [3.63, 3.8) is 0 Å². The first-order chi connectivity index (χ1) is 12.9. The first-order valence-electron chi connectivity index (χ1n) is 10.8. The molecule has 1 amide bonds. The van der Waals surface area contributed by atoms with Crippen molar-refractivity contribution >= 4 is 5.91 Å². The molecule has 3 heterocycles. The van der Waals surface area contributed by atoms with Gasteiger partial charge in [0, 0.05) is 43.4 Å². The number of piperidine rings is 1. The number of rotatable bonds is 6. The summed E-state index contributed by atoms with van der Waals surface area (Å²) in [6.45, 7) is 15.9. The number of hydrogen-bond acceptors (Lipinski definition) is 4. The molecular weight excluding hydrogens is 338 g/mol. The highest BCUT2D eigenvalue weighted by atomic mass is 16.2.